The van der Waals surface area contributed by atoms with E-state index in [9.17, 15) is 8.42 Å². The number of hydrogen-bond donors (Lipinski definition) is 3. The van der Waals surface area contributed by atoms with Gasteiger partial charge in [-0.05, 0) is 98.1 Å². The zero-order valence-corrected chi connectivity index (χ0v) is 23.1. The highest BCUT2D eigenvalue weighted by Crippen LogP contribution is 2.31. The fourth-order valence-corrected chi connectivity index (χ4v) is 6.05. The Balaban J connectivity index is 0.00000308. The third-order valence-corrected chi connectivity index (χ3v) is 8.47. The van der Waals surface area contributed by atoms with Gasteiger partial charge in [-0.2, -0.15) is 0 Å². The second-order valence-electron chi connectivity index (χ2n) is 9.64. The molecular formula is C28H30ClN7O2S. The van der Waals surface area contributed by atoms with E-state index in [4.69, 9.17) is 0 Å². The molecule has 5 aromatic rings. The number of nitrogens with zero attached hydrogens (tertiary/aromatic N) is 4. The van der Waals surface area contributed by atoms with E-state index in [1.165, 1.54) is 12.8 Å². The Morgan fingerprint density at radius 1 is 1.00 bits per heavy atom. The predicted octanol–water partition coefficient (Wildman–Crippen LogP) is 5.02. The number of halogens is 1. The van der Waals surface area contributed by atoms with Gasteiger partial charge < -0.3 is 15.2 Å². The lowest BCUT2D eigenvalue weighted by atomic mass is 9.99. The Morgan fingerprint density at radius 2 is 1.79 bits per heavy atom. The van der Waals surface area contributed by atoms with Crippen LogP contribution in [-0.4, -0.2) is 59.7 Å². The van der Waals surface area contributed by atoms with E-state index in [2.05, 4.69) is 59.4 Å². The van der Waals surface area contributed by atoms with Crippen molar-refractivity contribution >= 4 is 56.0 Å². The normalized spacial score (nSPS) is 14.1. The van der Waals surface area contributed by atoms with Crippen LogP contribution in [0.15, 0.2) is 71.8 Å². The number of hydrogen-bond acceptors (Lipinski definition) is 7. The third kappa shape index (κ3) is 5.74. The highest BCUT2D eigenvalue weighted by Gasteiger charge is 2.16. The molecule has 11 heteroatoms. The maximum absolute atomic E-state index is 12.7. The molecule has 1 saturated heterocycles. The number of rotatable bonds is 8. The first-order chi connectivity index (χ1) is 18.5. The molecule has 3 N–H and O–H groups in total. The van der Waals surface area contributed by atoms with Gasteiger partial charge in [0.05, 0.1) is 10.4 Å². The molecule has 0 unspecified atom stereocenters. The third-order valence-electron chi connectivity index (χ3n) is 7.00. The molecular weight excluding hydrogens is 534 g/mol. The summed E-state index contributed by atoms with van der Waals surface area (Å²) in [6.45, 7) is 5.23. The van der Waals surface area contributed by atoms with Gasteiger partial charge in [0.1, 0.15) is 5.52 Å². The van der Waals surface area contributed by atoms with Crippen molar-refractivity contribution in [1.82, 2.24) is 29.8 Å². The second kappa shape index (κ2) is 11.3. The van der Waals surface area contributed by atoms with Gasteiger partial charge in [-0.3, -0.25) is 0 Å². The number of nitrogens with one attached hydrogen (secondary N) is 3. The molecule has 39 heavy (non-hydrogen) atoms. The first-order valence-electron chi connectivity index (χ1n) is 12.8. The van der Waals surface area contributed by atoms with Crippen LogP contribution in [0.2, 0.25) is 0 Å². The van der Waals surface area contributed by atoms with Crippen LogP contribution in [0.4, 0.5) is 11.6 Å². The molecule has 9 nitrogen and oxygen atoms in total. The van der Waals surface area contributed by atoms with E-state index in [1.54, 1.807) is 24.3 Å². The summed E-state index contributed by atoms with van der Waals surface area (Å²) in [5.74, 6) is 0.348. The number of H-pyrrole nitrogens is 1. The van der Waals surface area contributed by atoms with Crippen LogP contribution in [-0.2, 0) is 10.0 Å². The molecule has 0 spiro atoms. The highest BCUT2D eigenvalue weighted by atomic mass is 35.5. The lowest BCUT2D eigenvalue weighted by Gasteiger charge is -2.15. The monoisotopic (exact) mass is 563 g/mol. The number of benzene rings is 3. The molecule has 0 atom stereocenters. The summed E-state index contributed by atoms with van der Waals surface area (Å²) in [5.41, 5.74) is 6.40. The van der Waals surface area contributed by atoms with Crippen molar-refractivity contribution in [3.05, 3.63) is 72.4 Å². The standard InChI is InChI=1S/C28H29N7O2S.ClH/c1-19-17-20(23-5-4-6-25-24(23)11-12-29-25)18-26-27(19)32-28(34-33-26)31-21-7-9-22(10-8-21)38(36,37)30-13-16-35-14-2-3-15-35;/h4-12,17-18,29-30H,2-3,13-16H2,1H3,(H,31,32,34);1H. The Hall–Kier alpha value is -3.57. The average Bonchev–Trinajstić information content (AvgIpc) is 3.61. The fraction of sp³-hybridized carbons (Fsp3) is 0.250. The van der Waals surface area contributed by atoms with Crippen molar-refractivity contribution in [1.29, 1.82) is 0 Å². The maximum Gasteiger partial charge on any atom is 0.247 e. The van der Waals surface area contributed by atoms with Crippen LogP contribution in [0.5, 0.6) is 0 Å². The van der Waals surface area contributed by atoms with Crippen molar-refractivity contribution in [3.8, 4) is 11.1 Å². The molecule has 2 aromatic heterocycles. The van der Waals surface area contributed by atoms with Crippen LogP contribution < -0.4 is 10.0 Å². The summed E-state index contributed by atoms with van der Waals surface area (Å²) >= 11 is 0. The summed E-state index contributed by atoms with van der Waals surface area (Å²) in [6, 6.07) is 18.9. The van der Waals surface area contributed by atoms with Crippen molar-refractivity contribution in [2.75, 3.05) is 31.5 Å². The zero-order valence-electron chi connectivity index (χ0n) is 21.5. The van der Waals surface area contributed by atoms with Crippen molar-refractivity contribution in [3.63, 3.8) is 0 Å². The van der Waals surface area contributed by atoms with Gasteiger partial charge >= 0.3 is 0 Å². The minimum Gasteiger partial charge on any atom is -0.361 e. The van der Waals surface area contributed by atoms with Crippen molar-refractivity contribution in [2.45, 2.75) is 24.7 Å². The molecule has 0 bridgehead atoms. The molecule has 202 valence electrons. The number of likely N-dealkylation sites (tertiary alicyclic amines) is 1. The van der Waals surface area contributed by atoms with Crippen LogP contribution in [0, 0.1) is 6.92 Å². The second-order valence-corrected chi connectivity index (χ2v) is 11.4. The predicted molar refractivity (Wildman–Crippen MR) is 157 cm³/mol. The Bertz CT molecular complexity index is 1720. The van der Waals surface area contributed by atoms with E-state index < -0.39 is 10.0 Å². The lowest BCUT2D eigenvalue weighted by molar-refractivity contribution is 0.344. The first-order valence-corrected chi connectivity index (χ1v) is 14.3. The molecule has 3 heterocycles. The van der Waals surface area contributed by atoms with Crippen LogP contribution >= 0.6 is 12.4 Å². The quantitative estimate of drug-likeness (QED) is 0.243. The largest absolute Gasteiger partial charge is 0.361 e. The molecule has 1 fully saturated rings. The van der Waals surface area contributed by atoms with Gasteiger partial charge in [-0.25, -0.2) is 18.1 Å². The number of fused-ring (bicyclic) bond motifs is 2. The first kappa shape index (κ1) is 27.0. The topological polar surface area (TPSA) is 116 Å². The molecule has 6 rings (SSSR count). The minimum atomic E-state index is -3.56. The molecule has 1 aliphatic rings. The van der Waals surface area contributed by atoms with Crippen molar-refractivity contribution < 1.29 is 8.42 Å². The van der Waals surface area contributed by atoms with Crippen molar-refractivity contribution in [2.24, 2.45) is 0 Å². The van der Waals surface area contributed by atoms with E-state index >= 15 is 0 Å². The lowest BCUT2D eigenvalue weighted by Crippen LogP contribution is -2.33. The Labute approximate surface area is 233 Å². The van der Waals surface area contributed by atoms with Crippen LogP contribution in [0.25, 0.3) is 33.1 Å². The van der Waals surface area contributed by atoms with Gasteiger partial charge in [0.2, 0.25) is 16.0 Å². The maximum atomic E-state index is 12.7. The van der Waals surface area contributed by atoms with Crippen LogP contribution in [0.1, 0.15) is 18.4 Å². The number of anilines is 2. The summed E-state index contributed by atoms with van der Waals surface area (Å²) in [5, 5.41) is 13.0. The molecule has 0 saturated carbocycles. The van der Waals surface area contributed by atoms with Gasteiger partial charge in [-0.15, -0.1) is 22.6 Å². The van der Waals surface area contributed by atoms with Gasteiger partial charge in [-0.1, -0.05) is 12.1 Å². The summed E-state index contributed by atoms with van der Waals surface area (Å²) in [4.78, 5) is 10.4. The zero-order chi connectivity index (χ0) is 26.1. The Kier molecular flexibility index (Phi) is 7.81. The summed E-state index contributed by atoms with van der Waals surface area (Å²) in [6.07, 6.45) is 4.31. The molecule has 3 aromatic carbocycles. The SMILES string of the molecule is Cc1cc(-c2cccc3[nH]ccc23)cc2nnc(Nc3ccc(S(=O)(=O)NCCN4CCCC4)cc3)nc12.Cl. The van der Waals surface area contributed by atoms with Gasteiger partial charge in [0.15, 0.2) is 0 Å². The molecule has 0 radical (unpaired) electrons. The fourth-order valence-electron chi connectivity index (χ4n) is 5.03. The molecule has 0 aliphatic carbocycles. The van der Waals surface area contributed by atoms with Crippen LogP contribution in [0.3, 0.4) is 0 Å². The van der Waals surface area contributed by atoms with Gasteiger partial charge in [0, 0.05) is 35.9 Å². The molecule has 0 amide bonds. The number of aromatic nitrogens is 4. The van der Waals surface area contributed by atoms with E-state index in [0.717, 1.165) is 52.7 Å². The highest BCUT2D eigenvalue weighted by molar-refractivity contribution is 7.89. The summed E-state index contributed by atoms with van der Waals surface area (Å²) < 4.78 is 28.0. The Morgan fingerprint density at radius 3 is 2.59 bits per heavy atom. The van der Waals surface area contributed by atoms with E-state index in [0.29, 0.717) is 23.7 Å². The number of sulfonamides is 1. The average molecular weight is 564 g/mol. The molecule has 1 aliphatic heterocycles. The minimum absolute atomic E-state index is 0. The van der Waals surface area contributed by atoms with Gasteiger partial charge in [0.25, 0.3) is 0 Å². The van der Waals surface area contributed by atoms with E-state index in [1.807, 2.05) is 25.3 Å². The number of aromatic amines is 1. The number of aryl methyl sites for hydroxylation is 1. The summed E-state index contributed by atoms with van der Waals surface area (Å²) in [7, 11) is -3.56. The van der Waals surface area contributed by atoms with E-state index in [-0.39, 0.29) is 17.3 Å². The smallest absolute Gasteiger partial charge is 0.247 e.